The molecule has 1 atom stereocenters. The summed E-state index contributed by atoms with van der Waals surface area (Å²) < 4.78 is 26.6. The first-order valence-corrected chi connectivity index (χ1v) is 8.71. The summed E-state index contributed by atoms with van der Waals surface area (Å²) in [6, 6.07) is 6.48. The predicted octanol–water partition coefficient (Wildman–Crippen LogP) is 2.27. The van der Waals surface area contributed by atoms with Gasteiger partial charge >= 0.3 is 5.97 Å². The highest BCUT2D eigenvalue weighted by molar-refractivity contribution is 7.89. The molecule has 0 bridgehead atoms. The van der Waals surface area contributed by atoms with E-state index in [1.54, 1.807) is 12.1 Å². The molecule has 1 aliphatic heterocycles. The number of aliphatic carboxylic acids is 1. The van der Waals surface area contributed by atoms with Crippen molar-refractivity contribution in [2.75, 3.05) is 6.54 Å². The number of rotatable bonds is 6. The van der Waals surface area contributed by atoms with Gasteiger partial charge in [-0.05, 0) is 37.0 Å². The van der Waals surface area contributed by atoms with E-state index in [4.69, 9.17) is 5.11 Å². The van der Waals surface area contributed by atoms with E-state index in [0.717, 1.165) is 18.4 Å². The van der Waals surface area contributed by atoms with E-state index in [-0.39, 0.29) is 11.3 Å². The van der Waals surface area contributed by atoms with Crippen LogP contribution in [0.4, 0.5) is 0 Å². The maximum Gasteiger partial charge on any atom is 0.304 e. The fourth-order valence-electron chi connectivity index (χ4n) is 2.78. The Morgan fingerprint density at radius 3 is 2.57 bits per heavy atom. The molecule has 1 N–H and O–H groups in total. The van der Waals surface area contributed by atoms with Gasteiger partial charge in [0.15, 0.2) is 0 Å². The highest BCUT2D eigenvalue weighted by Gasteiger charge is 2.36. The third-order valence-corrected chi connectivity index (χ3v) is 5.77. The second-order valence-corrected chi connectivity index (χ2v) is 7.29. The lowest BCUT2D eigenvalue weighted by Crippen LogP contribution is -2.36. The molecule has 1 saturated heterocycles. The van der Waals surface area contributed by atoms with Gasteiger partial charge in [0.1, 0.15) is 0 Å². The van der Waals surface area contributed by atoms with E-state index in [1.807, 2.05) is 12.1 Å². The number of carboxylic acids is 1. The summed E-state index contributed by atoms with van der Waals surface area (Å²) >= 11 is 0. The molecule has 0 amide bonds. The number of hydrogen-bond acceptors (Lipinski definition) is 3. The van der Waals surface area contributed by atoms with Crippen molar-refractivity contribution in [3.63, 3.8) is 0 Å². The number of aryl methyl sites for hydroxylation is 1. The lowest BCUT2D eigenvalue weighted by atomic mass is 10.1. The van der Waals surface area contributed by atoms with Gasteiger partial charge < -0.3 is 5.11 Å². The molecule has 2 rings (SSSR count). The number of hydrogen-bond donors (Lipinski definition) is 1. The van der Waals surface area contributed by atoms with Gasteiger partial charge in [-0.25, -0.2) is 8.42 Å². The Hall–Kier alpha value is -1.40. The summed E-state index contributed by atoms with van der Waals surface area (Å²) in [5, 5.41) is 8.90. The van der Waals surface area contributed by atoms with Crippen molar-refractivity contribution in [2.24, 2.45) is 0 Å². The molecule has 6 heteroatoms. The summed E-state index contributed by atoms with van der Waals surface area (Å²) in [4.78, 5) is 11.1. The van der Waals surface area contributed by atoms with Gasteiger partial charge in [0.05, 0.1) is 11.3 Å². The molecule has 0 aliphatic carbocycles. The minimum atomic E-state index is -3.60. The van der Waals surface area contributed by atoms with Crippen molar-refractivity contribution in [3.8, 4) is 0 Å². The zero-order valence-corrected chi connectivity index (χ0v) is 13.0. The molecule has 1 unspecified atom stereocenters. The van der Waals surface area contributed by atoms with Crippen molar-refractivity contribution in [1.82, 2.24) is 4.31 Å². The molecule has 1 heterocycles. The van der Waals surface area contributed by atoms with Crippen LogP contribution >= 0.6 is 0 Å². The van der Waals surface area contributed by atoms with Crippen LogP contribution in [0.2, 0.25) is 0 Å². The minimum Gasteiger partial charge on any atom is -0.481 e. The Morgan fingerprint density at radius 2 is 2.00 bits per heavy atom. The third kappa shape index (κ3) is 3.63. The zero-order chi connectivity index (χ0) is 15.5. The summed E-state index contributed by atoms with van der Waals surface area (Å²) in [6.07, 6.45) is 3.13. The molecule has 5 nitrogen and oxygen atoms in total. The second kappa shape index (κ2) is 6.58. The molecule has 0 spiro atoms. The first-order valence-electron chi connectivity index (χ1n) is 7.27. The molecule has 0 saturated carbocycles. The molecule has 1 fully saturated rings. The summed E-state index contributed by atoms with van der Waals surface area (Å²) in [5.74, 6) is -0.958. The van der Waals surface area contributed by atoms with E-state index in [0.29, 0.717) is 19.4 Å². The van der Waals surface area contributed by atoms with Crippen molar-refractivity contribution < 1.29 is 18.3 Å². The lowest BCUT2D eigenvalue weighted by Gasteiger charge is -2.23. The second-order valence-electron chi connectivity index (χ2n) is 5.40. The van der Waals surface area contributed by atoms with E-state index < -0.39 is 22.0 Å². The SMILES string of the molecule is CCCc1ccc(S(=O)(=O)N2CCCC2CC(=O)O)cc1. The smallest absolute Gasteiger partial charge is 0.304 e. The normalized spacial score (nSPS) is 19.8. The van der Waals surface area contributed by atoms with Crippen LogP contribution in [0.5, 0.6) is 0 Å². The van der Waals surface area contributed by atoms with Crippen LogP contribution in [0.25, 0.3) is 0 Å². The van der Waals surface area contributed by atoms with Gasteiger partial charge in [0.2, 0.25) is 10.0 Å². The monoisotopic (exact) mass is 311 g/mol. The lowest BCUT2D eigenvalue weighted by molar-refractivity contribution is -0.137. The van der Waals surface area contributed by atoms with E-state index in [2.05, 4.69) is 6.92 Å². The Morgan fingerprint density at radius 1 is 1.33 bits per heavy atom. The average Bonchev–Trinajstić information content (AvgIpc) is 2.88. The average molecular weight is 311 g/mol. The summed E-state index contributed by atoms with van der Waals surface area (Å²) in [7, 11) is -3.60. The predicted molar refractivity (Wildman–Crippen MR) is 79.6 cm³/mol. The standard InChI is InChI=1S/C15H21NO4S/c1-2-4-12-6-8-14(9-7-12)21(19,20)16-10-3-5-13(16)11-15(17)18/h6-9,13H,2-5,10-11H2,1H3,(H,17,18). The molecule has 0 radical (unpaired) electrons. The summed E-state index contributed by atoms with van der Waals surface area (Å²) in [6.45, 7) is 2.47. The fourth-order valence-corrected chi connectivity index (χ4v) is 4.48. The van der Waals surface area contributed by atoms with Gasteiger partial charge in [-0.15, -0.1) is 0 Å². The van der Waals surface area contributed by atoms with Crippen LogP contribution in [0, 0.1) is 0 Å². The van der Waals surface area contributed by atoms with Gasteiger partial charge in [-0.1, -0.05) is 25.5 Å². The Balaban J connectivity index is 2.22. The van der Waals surface area contributed by atoms with Gasteiger partial charge in [0, 0.05) is 12.6 Å². The number of nitrogens with zero attached hydrogens (tertiary/aromatic N) is 1. The van der Waals surface area contributed by atoms with Crippen molar-refractivity contribution in [2.45, 2.75) is 50.0 Å². The van der Waals surface area contributed by atoms with Crippen LogP contribution in [0.15, 0.2) is 29.2 Å². The van der Waals surface area contributed by atoms with Crippen LogP contribution < -0.4 is 0 Å². The number of benzene rings is 1. The maximum atomic E-state index is 12.6. The van der Waals surface area contributed by atoms with Gasteiger partial charge in [0.25, 0.3) is 0 Å². The minimum absolute atomic E-state index is 0.132. The Labute approximate surface area is 125 Å². The third-order valence-electron chi connectivity index (χ3n) is 3.80. The highest BCUT2D eigenvalue weighted by Crippen LogP contribution is 2.28. The molecule has 116 valence electrons. The van der Waals surface area contributed by atoms with Gasteiger partial charge in [-0.3, -0.25) is 4.79 Å². The molecule has 1 aromatic carbocycles. The van der Waals surface area contributed by atoms with Crippen LogP contribution in [-0.4, -0.2) is 36.4 Å². The van der Waals surface area contributed by atoms with E-state index in [1.165, 1.54) is 4.31 Å². The Bertz CT molecular complexity index is 595. The van der Waals surface area contributed by atoms with E-state index >= 15 is 0 Å². The Kier molecular flexibility index (Phi) is 5.00. The van der Waals surface area contributed by atoms with Gasteiger partial charge in [-0.2, -0.15) is 4.31 Å². The van der Waals surface area contributed by atoms with Crippen LogP contribution in [0.3, 0.4) is 0 Å². The topological polar surface area (TPSA) is 74.7 Å². The molecular weight excluding hydrogens is 290 g/mol. The van der Waals surface area contributed by atoms with Crippen molar-refractivity contribution in [3.05, 3.63) is 29.8 Å². The molecule has 21 heavy (non-hydrogen) atoms. The molecule has 1 aliphatic rings. The maximum absolute atomic E-state index is 12.6. The van der Waals surface area contributed by atoms with Crippen LogP contribution in [-0.2, 0) is 21.2 Å². The molecule has 1 aromatic rings. The van der Waals surface area contributed by atoms with Crippen molar-refractivity contribution in [1.29, 1.82) is 0 Å². The number of sulfonamides is 1. The first-order chi connectivity index (χ1) is 9.95. The molecular formula is C15H21NO4S. The summed E-state index contributed by atoms with van der Waals surface area (Å²) in [5.41, 5.74) is 1.11. The zero-order valence-electron chi connectivity index (χ0n) is 12.2. The quantitative estimate of drug-likeness (QED) is 0.874. The number of carboxylic acid groups (broad SMARTS) is 1. The number of carbonyl (C=O) groups is 1. The molecule has 0 aromatic heterocycles. The van der Waals surface area contributed by atoms with Crippen molar-refractivity contribution >= 4 is 16.0 Å². The first kappa shape index (κ1) is 16.0. The highest BCUT2D eigenvalue weighted by atomic mass is 32.2. The van der Waals surface area contributed by atoms with E-state index in [9.17, 15) is 13.2 Å². The largest absolute Gasteiger partial charge is 0.481 e. The van der Waals surface area contributed by atoms with Crippen LogP contribution in [0.1, 0.15) is 38.2 Å². The fraction of sp³-hybridized carbons (Fsp3) is 0.533.